The number of aromatic nitrogens is 5. The first-order valence-electron chi connectivity index (χ1n) is 15.3. The lowest BCUT2D eigenvalue weighted by molar-refractivity contribution is -0.121. The summed E-state index contributed by atoms with van der Waals surface area (Å²) in [7, 11) is 0. The third-order valence-electron chi connectivity index (χ3n) is 7.84. The summed E-state index contributed by atoms with van der Waals surface area (Å²) < 4.78 is 13.4. The van der Waals surface area contributed by atoms with Crippen molar-refractivity contribution in [3.63, 3.8) is 0 Å². The Morgan fingerprint density at radius 2 is 1.84 bits per heavy atom. The lowest BCUT2D eigenvalue weighted by Crippen LogP contribution is -2.45. The molecule has 11 nitrogen and oxygen atoms in total. The van der Waals surface area contributed by atoms with Crippen LogP contribution in [0.25, 0.3) is 34.2 Å². The van der Waals surface area contributed by atoms with Gasteiger partial charge >= 0.3 is 6.09 Å². The van der Waals surface area contributed by atoms with Crippen molar-refractivity contribution in [2.24, 2.45) is 5.92 Å². The number of amides is 2. The van der Waals surface area contributed by atoms with Gasteiger partial charge in [-0.15, -0.1) is 0 Å². The van der Waals surface area contributed by atoms with E-state index in [9.17, 15) is 9.59 Å². The van der Waals surface area contributed by atoms with Crippen molar-refractivity contribution in [2.75, 3.05) is 25.0 Å². The first-order chi connectivity index (χ1) is 21.2. The van der Waals surface area contributed by atoms with Crippen LogP contribution in [0.15, 0.2) is 60.9 Å². The number of imidazole rings is 1. The quantitative estimate of drug-likeness (QED) is 0.268. The maximum atomic E-state index is 13.0. The van der Waals surface area contributed by atoms with E-state index in [1.807, 2.05) is 74.0 Å². The maximum Gasteiger partial charge on any atom is 0.410 e. The average molecular weight is 598 g/mol. The summed E-state index contributed by atoms with van der Waals surface area (Å²) in [6.07, 6.45) is 7.74. The molecule has 0 aliphatic carbocycles. The number of rotatable bonds is 6. The topological polar surface area (TPSA) is 127 Å². The van der Waals surface area contributed by atoms with Crippen LogP contribution in [0.4, 0.5) is 10.5 Å². The van der Waals surface area contributed by atoms with Gasteiger partial charge in [-0.2, -0.15) is 5.10 Å². The van der Waals surface area contributed by atoms with Crippen LogP contribution in [0.5, 0.6) is 0 Å². The molecule has 2 aliphatic rings. The van der Waals surface area contributed by atoms with E-state index in [1.54, 1.807) is 17.3 Å². The summed E-state index contributed by atoms with van der Waals surface area (Å²) in [5.41, 5.74) is 4.33. The lowest BCUT2D eigenvalue weighted by atomic mass is 9.97. The van der Waals surface area contributed by atoms with Gasteiger partial charge in [-0.25, -0.2) is 19.4 Å². The summed E-state index contributed by atoms with van der Waals surface area (Å²) in [6.45, 7) is 7.21. The minimum absolute atomic E-state index is 0.0724. The highest BCUT2D eigenvalue weighted by Gasteiger charge is 2.31. The van der Waals surface area contributed by atoms with E-state index in [0.29, 0.717) is 24.6 Å². The fraction of sp³-hybridized carbons (Fsp3) is 0.424. The molecular weight excluding hydrogens is 558 g/mol. The molecule has 1 unspecified atom stereocenters. The Labute approximate surface area is 257 Å². The van der Waals surface area contributed by atoms with Gasteiger partial charge in [0.2, 0.25) is 5.91 Å². The number of nitrogens with zero attached hydrogens (tertiary/aromatic N) is 5. The standard InChI is InChI=1S/C33H39N7O4/c1-33(2,3)44-32(42)39-18-7-8-23(21-39)31(41)36-24-14-12-22(13-15-24)27-20-34-30(38-27)26-10-6-9-25(37-26)28-16-17-35-40(28)29-11-4-5-19-43-29/h6,9-10,12-17,20,23,29H,4-5,7-8,11,18-19,21H2,1-3H3,(H,34,38)(H,36,41)/t23-,29?/m0/s1. The number of pyridine rings is 1. The zero-order valence-corrected chi connectivity index (χ0v) is 25.5. The molecule has 1 aromatic carbocycles. The first kappa shape index (κ1) is 29.6. The van der Waals surface area contributed by atoms with Crippen LogP contribution in [0.2, 0.25) is 0 Å². The molecular formula is C33H39N7O4. The van der Waals surface area contributed by atoms with E-state index in [-0.39, 0.29) is 24.1 Å². The average Bonchev–Trinajstić information content (AvgIpc) is 3.72. The fourth-order valence-electron chi connectivity index (χ4n) is 5.63. The molecule has 0 radical (unpaired) electrons. The normalized spacial score (nSPS) is 19.0. The van der Waals surface area contributed by atoms with Gasteiger partial charge in [0.05, 0.1) is 29.2 Å². The summed E-state index contributed by atoms with van der Waals surface area (Å²) in [4.78, 5) is 40.0. The molecule has 0 saturated carbocycles. The highest BCUT2D eigenvalue weighted by Crippen LogP contribution is 2.29. The molecule has 2 saturated heterocycles. The molecule has 2 N–H and O–H groups in total. The van der Waals surface area contributed by atoms with E-state index in [2.05, 4.69) is 20.4 Å². The first-order valence-corrected chi connectivity index (χ1v) is 15.3. The van der Waals surface area contributed by atoms with E-state index in [1.165, 1.54) is 0 Å². The molecule has 230 valence electrons. The van der Waals surface area contributed by atoms with Crippen molar-refractivity contribution in [1.82, 2.24) is 29.6 Å². The molecule has 4 aromatic rings. The molecule has 2 aliphatic heterocycles. The van der Waals surface area contributed by atoms with Gasteiger partial charge in [0.1, 0.15) is 11.3 Å². The van der Waals surface area contributed by atoms with Crippen molar-refractivity contribution < 1.29 is 19.1 Å². The van der Waals surface area contributed by atoms with Gasteiger partial charge in [-0.1, -0.05) is 18.2 Å². The second kappa shape index (κ2) is 12.6. The predicted molar refractivity (Wildman–Crippen MR) is 166 cm³/mol. The van der Waals surface area contributed by atoms with Crippen LogP contribution in [0.1, 0.15) is 59.1 Å². The second-order valence-electron chi connectivity index (χ2n) is 12.4. The van der Waals surface area contributed by atoms with E-state index in [0.717, 1.165) is 67.1 Å². The fourth-order valence-corrected chi connectivity index (χ4v) is 5.63. The molecule has 2 atom stereocenters. The van der Waals surface area contributed by atoms with Gasteiger partial charge in [0.15, 0.2) is 12.1 Å². The number of anilines is 1. The number of nitrogens with one attached hydrogen (secondary N) is 2. The number of carbonyl (C=O) groups is 2. The highest BCUT2D eigenvalue weighted by atomic mass is 16.6. The number of benzene rings is 1. The lowest BCUT2D eigenvalue weighted by Gasteiger charge is -2.33. The van der Waals surface area contributed by atoms with Crippen molar-refractivity contribution in [1.29, 1.82) is 0 Å². The molecule has 11 heteroatoms. The molecule has 3 aromatic heterocycles. The monoisotopic (exact) mass is 597 g/mol. The molecule has 44 heavy (non-hydrogen) atoms. The van der Waals surface area contributed by atoms with Gasteiger partial charge in [0.25, 0.3) is 0 Å². The molecule has 0 spiro atoms. The Balaban J connectivity index is 1.10. The number of hydrogen-bond donors (Lipinski definition) is 2. The molecule has 2 fully saturated rings. The summed E-state index contributed by atoms with van der Waals surface area (Å²) in [6, 6.07) is 15.4. The zero-order chi connectivity index (χ0) is 30.7. The number of ether oxygens (including phenoxy) is 2. The van der Waals surface area contributed by atoms with Gasteiger partial charge in [-0.05, 0) is 88.8 Å². The van der Waals surface area contributed by atoms with Crippen LogP contribution >= 0.6 is 0 Å². The van der Waals surface area contributed by atoms with Gasteiger partial charge in [0, 0.05) is 31.6 Å². The maximum absolute atomic E-state index is 13.0. The Kier molecular flexibility index (Phi) is 8.47. The summed E-state index contributed by atoms with van der Waals surface area (Å²) >= 11 is 0. The van der Waals surface area contributed by atoms with Crippen LogP contribution in [-0.2, 0) is 14.3 Å². The number of carbonyl (C=O) groups excluding carboxylic acids is 2. The summed E-state index contributed by atoms with van der Waals surface area (Å²) in [5, 5.41) is 7.52. The Hall–Kier alpha value is -4.51. The number of hydrogen-bond acceptors (Lipinski definition) is 7. The van der Waals surface area contributed by atoms with Crippen molar-refractivity contribution in [3.8, 4) is 34.2 Å². The minimum Gasteiger partial charge on any atom is -0.444 e. The smallest absolute Gasteiger partial charge is 0.410 e. The third-order valence-corrected chi connectivity index (χ3v) is 7.84. The van der Waals surface area contributed by atoms with Crippen molar-refractivity contribution in [2.45, 2.75) is 64.7 Å². The van der Waals surface area contributed by atoms with Gasteiger partial charge < -0.3 is 24.7 Å². The van der Waals surface area contributed by atoms with E-state index in [4.69, 9.17) is 14.5 Å². The molecule has 6 rings (SSSR count). The second-order valence-corrected chi connectivity index (χ2v) is 12.4. The Bertz CT molecular complexity index is 1600. The van der Waals surface area contributed by atoms with Crippen molar-refractivity contribution >= 4 is 17.7 Å². The minimum atomic E-state index is -0.571. The molecule has 0 bridgehead atoms. The van der Waals surface area contributed by atoms with Crippen LogP contribution in [0.3, 0.4) is 0 Å². The number of H-pyrrole nitrogens is 1. The van der Waals surface area contributed by atoms with E-state index < -0.39 is 5.60 Å². The van der Waals surface area contributed by atoms with Crippen molar-refractivity contribution in [3.05, 3.63) is 60.9 Å². The molecule has 5 heterocycles. The number of aromatic amines is 1. The van der Waals surface area contributed by atoms with E-state index >= 15 is 0 Å². The highest BCUT2D eigenvalue weighted by molar-refractivity contribution is 5.93. The SMILES string of the molecule is CC(C)(C)OC(=O)N1CCC[C@H](C(=O)Nc2ccc(-c3cnc(-c4cccc(-c5ccnn5C5CCCCO5)n4)[nH]3)cc2)C1. The Morgan fingerprint density at radius 1 is 1.02 bits per heavy atom. The third kappa shape index (κ3) is 6.83. The molecule has 2 amide bonds. The number of piperidine rings is 1. The van der Waals surface area contributed by atoms with Crippen LogP contribution in [0, 0.1) is 5.92 Å². The van der Waals surface area contributed by atoms with Gasteiger partial charge in [-0.3, -0.25) is 4.79 Å². The largest absolute Gasteiger partial charge is 0.444 e. The Morgan fingerprint density at radius 3 is 2.61 bits per heavy atom. The summed E-state index contributed by atoms with van der Waals surface area (Å²) in [5.74, 6) is 0.270. The van der Waals surface area contributed by atoms with Crippen LogP contribution in [-0.4, -0.2) is 66.9 Å². The zero-order valence-electron chi connectivity index (χ0n) is 25.5. The predicted octanol–water partition coefficient (Wildman–Crippen LogP) is 6.29. The van der Waals surface area contributed by atoms with Crippen LogP contribution < -0.4 is 5.32 Å². The number of likely N-dealkylation sites (tertiary alicyclic amines) is 1.